The summed E-state index contributed by atoms with van der Waals surface area (Å²) in [6, 6.07) is 15.6. The normalized spacial score (nSPS) is 14.4. The number of amides is 1. The first-order valence-corrected chi connectivity index (χ1v) is 9.13. The van der Waals surface area contributed by atoms with Gasteiger partial charge in [-0.1, -0.05) is 29.8 Å². The zero-order chi connectivity index (χ0) is 18.6. The number of rotatable bonds is 4. The van der Waals surface area contributed by atoms with Crippen LogP contribution in [0, 0.1) is 6.92 Å². The Bertz CT molecular complexity index is 934. The number of fused-ring (bicyclic) bond motifs is 1. The lowest BCUT2D eigenvalue weighted by molar-refractivity contribution is -0.133. The van der Waals surface area contributed by atoms with Crippen LogP contribution in [-0.4, -0.2) is 53.6 Å². The molecule has 0 atom stereocenters. The minimum absolute atomic E-state index is 0.0137. The highest BCUT2D eigenvalue weighted by atomic mass is 16.5. The molecule has 0 bridgehead atoms. The van der Waals surface area contributed by atoms with Crippen LogP contribution in [0.4, 0.5) is 5.82 Å². The average molecular weight is 362 g/mol. The molecule has 4 rings (SSSR count). The van der Waals surface area contributed by atoms with Crippen molar-refractivity contribution in [3.05, 3.63) is 60.3 Å². The number of piperazine rings is 1. The fourth-order valence-corrected chi connectivity index (χ4v) is 3.16. The summed E-state index contributed by atoms with van der Waals surface area (Å²) in [5.74, 6) is 1.59. The largest absolute Gasteiger partial charge is 0.484 e. The predicted molar refractivity (Wildman–Crippen MR) is 105 cm³/mol. The first-order valence-electron chi connectivity index (χ1n) is 9.13. The van der Waals surface area contributed by atoms with Gasteiger partial charge in [-0.2, -0.15) is 0 Å². The molecule has 1 aliphatic rings. The van der Waals surface area contributed by atoms with Crippen LogP contribution < -0.4 is 9.64 Å². The second kappa shape index (κ2) is 7.61. The Kier molecular flexibility index (Phi) is 4.87. The lowest BCUT2D eigenvalue weighted by Gasteiger charge is -2.35. The second-order valence-corrected chi connectivity index (χ2v) is 6.69. The van der Waals surface area contributed by atoms with Gasteiger partial charge in [0.1, 0.15) is 11.6 Å². The molecule has 0 N–H and O–H groups in total. The molecular weight excluding hydrogens is 340 g/mol. The van der Waals surface area contributed by atoms with Crippen molar-refractivity contribution >= 4 is 22.8 Å². The summed E-state index contributed by atoms with van der Waals surface area (Å²) in [5.41, 5.74) is 2.95. The standard InChI is InChI=1S/C21H22N4O2/c1-16-6-8-17(9-7-16)27-15-21(26)25-12-10-24(11-13-25)20-14-22-18-4-2-3-5-19(18)23-20/h2-9,14H,10-13,15H2,1H3. The number of carbonyl (C=O) groups is 1. The molecule has 6 nitrogen and oxygen atoms in total. The van der Waals surface area contributed by atoms with Crippen LogP contribution in [0.2, 0.25) is 0 Å². The van der Waals surface area contributed by atoms with Gasteiger partial charge in [-0.3, -0.25) is 9.78 Å². The van der Waals surface area contributed by atoms with E-state index in [-0.39, 0.29) is 12.5 Å². The molecule has 0 aliphatic carbocycles. The number of anilines is 1. The van der Waals surface area contributed by atoms with Gasteiger partial charge in [-0.15, -0.1) is 0 Å². The highest BCUT2D eigenvalue weighted by molar-refractivity contribution is 5.78. The molecule has 0 radical (unpaired) electrons. The van der Waals surface area contributed by atoms with Crippen molar-refractivity contribution < 1.29 is 9.53 Å². The van der Waals surface area contributed by atoms with Gasteiger partial charge < -0.3 is 14.5 Å². The van der Waals surface area contributed by atoms with Gasteiger partial charge >= 0.3 is 0 Å². The van der Waals surface area contributed by atoms with E-state index in [0.29, 0.717) is 13.1 Å². The maximum Gasteiger partial charge on any atom is 0.260 e. The summed E-state index contributed by atoms with van der Waals surface area (Å²) < 4.78 is 5.61. The van der Waals surface area contributed by atoms with Crippen LogP contribution in [0.1, 0.15) is 5.56 Å². The Labute approximate surface area is 158 Å². The molecule has 1 saturated heterocycles. The molecule has 3 aromatic rings. The minimum atomic E-state index is 0.0137. The number of aryl methyl sites for hydroxylation is 1. The Balaban J connectivity index is 1.32. The van der Waals surface area contributed by atoms with Crippen LogP contribution in [0.25, 0.3) is 11.0 Å². The fraction of sp³-hybridized carbons (Fsp3) is 0.286. The molecule has 1 aromatic heterocycles. The highest BCUT2D eigenvalue weighted by Crippen LogP contribution is 2.17. The number of benzene rings is 2. The summed E-state index contributed by atoms with van der Waals surface area (Å²) >= 11 is 0. The van der Waals surface area contributed by atoms with E-state index in [2.05, 4.69) is 14.9 Å². The Hall–Kier alpha value is -3.15. The lowest BCUT2D eigenvalue weighted by Crippen LogP contribution is -2.50. The smallest absolute Gasteiger partial charge is 0.260 e. The number of aromatic nitrogens is 2. The predicted octanol–water partition coefficient (Wildman–Crippen LogP) is 2.67. The van der Waals surface area contributed by atoms with Gasteiger partial charge in [-0.25, -0.2) is 4.98 Å². The van der Waals surface area contributed by atoms with E-state index >= 15 is 0 Å². The van der Waals surface area contributed by atoms with Crippen molar-refractivity contribution in [1.29, 1.82) is 0 Å². The number of ether oxygens (including phenoxy) is 1. The zero-order valence-corrected chi connectivity index (χ0v) is 15.3. The third-order valence-electron chi connectivity index (χ3n) is 4.78. The summed E-state index contributed by atoms with van der Waals surface area (Å²) in [5, 5.41) is 0. The summed E-state index contributed by atoms with van der Waals surface area (Å²) in [7, 11) is 0. The number of para-hydroxylation sites is 2. The van der Waals surface area contributed by atoms with E-state index in [1.165, 1.54) is 5.56 Å². The highest BCUT2D eigenvalue weighted by Gasteiger charge is 2.22. The third kappa shape index (κ3) is 4.00. The van der Waals surface area contributed by atoms with Crippen LogP contribution >= 0.6 is 0 Å². The van der Waals surface area contributed by atoms with Gasteiger partial charge in [0.2, 0.25) is 0 Å². The maximum atomic E-state index is 12.4. The maximum absolute atomic E-state index is 12.4. The van der Waals surface area contributed by atoms with E-state index in [1.807, 2.05) is 60.4 Å². The molecule has 27 heavy (non-hydrogen) atoms. The summed E-state index contributed by atoms with van der Waals surface area (Å²) in [4.78, 5) is 25.6. The van der Waals surface area contributed by atoms with E-state index in [1.54, 1.807) is 6.20 Å². The fourth-order valence-electron chi connectivity index (χ4n) is 3.16. The van der Waals surface area contributed by atoms with Crippen molar-refractivity contribution in [2.45, 2.75) is 6.92 Å². The first kappa shape index (κ1) is 17.3. The molecule has 0 unspecified atom stereocenters. The lowest BCUT2D eigenvalue weighted by atomic mass is 10.2. The van der Waals surface area contributed by atoms with Crippen molar-refractivity contribution in [3.63, 3.8) is 0 Å². The van der Waals surface area contributed by atoms with Crippen molar-refractivity contribution in [3.8, 4) is 5.75 Å². The molecule has 1 aliphatic heterocycles. The molecular formula is C21H22N4O2. The minimum Gasteiger partial charge on any atom is -0.484 e. The van der Waals surface area contributed by atoms with Crippen LogP contribution in [-0.2, 0) is 4.79 Å². The molecule has 0 spiro atoms. The van der Waals surface area contributed by atoms with Crippen molar-refractivity contribution in [2.75, 3.05) is 37.7 Å². The molecule has 1 fully saturated rings. The van der Waals surface area contributed by atoms with Crippen LogP contribution in [0.15, 0.2) is 54.7 Å². The molecule has 0 saturated carbocycles. The quantitative estimate of drug-likeness (QED) is 0.714. The molecule has 1 amide bonds. The average Bonchev–Trinajstić information content (AvgIpc) is 2.73. The number of carbonyl (C=O) groups excluding carboxylic acids is 1. The van der Waals surface area contributed by atoms with E-state index in [9.17, 15) is 4.79 Å². The van der Waals surface area contributed by atoms with Crippen LogP contribution in [0.5, 0.6) is 5.75 Å². The topological polar surface area (TPSA) is 58.6 Å². The van der Waals surface area contributed by atoms with E-state index < -0.39 is 0 Å². The summed E-state index contributed by atoms with van der Waals surface area (Å²) in [6.45, 7) is 4.88. The zero-order valence-electron chi connectivity index (χ0n) is 15.3. The monoisotopic (exact) mass is 362 g/mol. The Morgan fingerprint density at radius 3 is 2.44 bits per heavy atom. The molecule has 2 aromatic carbocycles. The van der Waals surface area contributed by atoms with Gasteiger partial charge in [0.05, 0.1) is 17.2 Å². The van der Waals surface area contributed by atoms with Gasteiger partial charge in [0.25, 0.3) is 5.91 Å². The molecule has 6 heteroatoms. The van der Waals surface area contributed by atoms with Crippen LogP contribution in [0.3, 0.4) is 0 Å². The van der Waals surface area contributed by atoms with Crippen molar-refractivity contribution in [2.24, 2.45) is 0 Å². The third-order valence-corrected chi connectivity index (χ3v) is 4.78. The van der Waals surface area contributed by atoms with Gasteiger partial charge in [0, 0.05) is 26.2 Å². The number of hydrogen-bond donors (Lipinski definition) is 0. The molecule has 138 valence electrons. The van der Waals surface area contributed by atoms with Gasteiger partial charge in [0.15, 0.2) is 6.61 Å². The summed E-state index contributed by atoms with van der Waals surface area (Å²) in [6.07, 6.45) is 1.81. The first-order chi connectivity index (χ1) is 13.2. The Morgan fingerprint density at radius 2 is 1.70 bits per heavy atom. The van der Waals surface area contributed by atoms with Crippen molar-refractivity contribution in [1.82, 2.24) is 14.9 Å². The number of hydrogen-bond acceptors (Lipinski definition) is 5. The number of nitrogens with zero attached hydrogens (tertiary/aromatic N) is 4. The molecule has 2 heterocycles. The Morgan fingerprint density at radius 1 is 1.00 bits per heavy atom. The second-order valence-electron chi connectivity index (χ2n) is 6.69. The van der Waals surface area contributed by atoms with Gasteiger partial charge in [-0.05, 0) is 31.2 Å². The SMILES string of the molecule is Cc1ccc(OCC(=O)N2CCN(c3cnc4ccccc4n3)CC2)cc1. The van der Waals surface area contributed by atoms with E-state index in [0.717, 1.165) is 35.7 Å². The van der Waals surface area contributed by atoms with E-state index in [4.69, 9.17) is 4.74 Å².